The molecule has 0 unspecified atom stereocenters. The number of aromatic nitrogens is 4. The standard InChI is InChI=1S/C19H16ClN5/c1-12-10-13(2)25(24-12)19-17-9-4-3-8-16(17)18(22-23-19)21-15-7-5-6-14(20)11-15/h3-11H,1-2H3,(H,21,22). The van der Waals surface area contributed by atoms with Crippen LogP contribution in [0, 0.1) is 13.8 Å². The number of hydrogen-bond donors (Lipinski definition) is 1. The van der Waals surface area contributed by atoms with Crippen LogP contribution in [-0.2, 0) is 0 Å². The molecule has 0 aliphatic carbocycles. The molecule has 0 saturated heterocycles. The second-order valence-corrected chi connectivity index (χ2v) is 6.33. The molecule has 0 amide bonds. The Kier molecular flexibility index (Phi) is 3.86. The summed E-state index contributed by atoms with van der Waals surface area (Å²) >= 11 is 6.07. The van der Waals surface area contributed by atoms with E-state index in [2.05, 4.69) is 20.6 Å². The van der Waals surface area contributed by atoms with Gasteiger partial charge in [-0.3, -0.25) is 0 Å². The summed E-state index contributed by atoms with van der Waals surface area (Å²) in [4.78, 5) is 0. The molecule has 5 nitrogen and oxygen atoms in total. The van der Waals surface area contributed by atoms with Gasteiger partial charge in [0.05, 0.1) is 5.69 Å². The molecule has 6 heteroatoms. The number of nitrogens with zero attached hydrogens (tertiary/aromatic N) is 4. The van der Waals surface area contributed by atoms with Crippen LogP contribution >= 0.6 is 11.6 Å². The third-order valence-electron chi connectivity index (χ3n) is 3.97. The number of anilines is 2. The fourth-order valence-corrected chi connectivity index (χ4v) is 3.08. The van der Waals surface area contributed by atoms with Crippen molar-refractivity contribution < 1.29 is 0 Å². The summed E-state index contributed by atoms with van der Waals surface area (Å²) in [5.74, 6) is 1.40. The summed E-state index contributed by atoms with van der Waals surface area (Å²) in [5.41, 5.74) is 2.84. The van der Waals surface area contributed by atoms with Crippen LogP contribution in [0.4, 0.5) is 11.5 Å². The maximum absolute atomic E-state index is 6.07. The first-order valence-corrected chi connectivity index (χ1v) is 8.31. The number of benzene rings is 2. The van der Waals surface area contributed by atoms with Crippen molar-refractivity contribution in [2.24, 2.45) is 0 Å². The molecule has 0 radical (unpaired) electrons. The largest absolute Gasteiger partial charge is 0.338 e. The van der Waals surface area contributed by atoms with Gasteiger partial charge in [-0.1, -0.05) is 41.9 Å². The summed E-state index contributed by atoms with van der Waals surface area (Å²) in [5, 5.41) is 19.3. The van der Waals surface area contributed by atoms with Crippen molar-refractivity contribution in [2.45, 2.75) is 13.8 Å². The topological polar surface area (TPSA) is 55.6 Å². The number of nitrogens with one attached hydrogen (secondary N) is 1. The summed E-state index contributed by atoms with van der Waals surface area (Å²) in [7, 11) is 0. The molecule has 0 saturated carbocycles. The van der Waals surface area contributed by atoms with Gasteiger partial charge >= 0.3 is 0 Å². The van der Waals surface area contributed by atoms with E-state index < -0.39 is 0 Å². The monoisotopic (exact) mass is 349 g/mol. The van der Waals surface area contributed by atoms with Crippen LogP contribution in [0.2, 0.25) is 5.02 Å². The van der Waals surface area contributed by atoms with Gasteiger partial charge in [-0.25, -0.2) is 4.68 Å². The molecule has 0 spiro atoms. The maximum atomic E-state index is 6.07. The van der Waals surface area contributed by atoms with Crippen LogP contribution in [-0.4, -0.2) is 20.0 Å². The van der Waals surface area contributed by atoms with E-state index in [0.717, 1.165) is 33.7 Å². The molecular weight excluding hydrogens is 334 g/mol. The van der Waals surface area contributed by atoms with Crippen molar-refractivity contribution in [2.75, 3.05) is 5.32 Å². The van der Waals surface area contributed by atoms with Crippen molar-refractivity contribution in [1.82, 2.24) is 20.0 Å². The fraction of sp³-hybridized carbons (Fsp3) is 0.105. The number of hydrogen-bond acceptors (Lipinski definition) is 4. The quantitative estimate of drug-likeness (QED) is 0.575. The Morgan fingerprint density at radius 1 is 0.920 bits per heavy atom. The van der Waals surface area contributed by atoms with Crippen LogP contribution in [0.25, 0.3) is 16.6 Å². The average Bonchev–Trinajstić information content (AvgIpc) is 2.93. The lowest BCUT2D eigenvalue weighted by atomic mass is 10.1. The highest BCUT2D eigenvalue weighted by Gasteiger charge is 2.13. The Balaban J connectivity index is 1.86. The summed E-state index contributed by atoms with van der Waals surface area (Å²) in [6, 6.07) is 17.6. The minimum absolute atomic E-state index is 0.668. The first-order valence-electron chi connectivity index (χ1n) is 7.93. The van der Waals surface area contributed by atoms with E-state index in [9.17, 15) is 0 Å². The number of halogens is 1. The third kappa shape index (κ3) is 2.94. The first kappa shape index (κ1) is 15.6. The number of aryl methyl sites for hydroxylation is 2. The SMILES string of the molecule is Cc1cc(C)n(-c2nnc(Nc3cccc(Cl)c3)c3ccccc23)n1. The highest BCUT2D eigenvalue weighted by Crippen LogP contribution is 2.28. The van der Waals surface area contributed by atoms with Gasteiger partial charge < -0.3 is 5.32 Å². The Morgan fingerprint density at radius 2 is 1.72 bits per heavy atom. The zero-order valence-corrected chi connectivity index (χ0v) is 14.6. The second-order valence-electron chi connectivity index (χ2n) is 5.89. The number of fused-ring (bicyclic) bond motifs is 1. The van der Waals surface area contributed by atoms with Gasteiger partial charge in [-0.05, 0) is 38.1 Å². The van der Waals surface area contributed by atoms with E-state index in [4.69, 9.17) is 11.6 Å². The molecule has 4 aromatic rings. The summed E-state index contributed by atoms with van der Waals surface area (Å²) < 4.78 is 1.83. The zero-order valence-electron chi connectivity index (χ0n) is 13.9. The van der Waals surface area contributed by atoms with Gasteiger partial charge in [0, 0.05) is 27.2 Å². The lowest BCUT2D eigenvalue weighted by molar-refractivity contribution is 0.792. The van der Waals surface area contributed by atoms with Gasteiger partial charge in [-0.15, -0.1) is 10.2 Å². The van der Waals surface area contributed by atoms with Gasteiger partial charge in [-0.2, -0.15) is 5.10 Å². The van der Waals surface area contributed by atoms with E-state index in [0.29, 0.717) is 10.8 Å². The molecule has 0 aliphatic rings. The van der Waals surface area contributed by atoms with Crippen LogP contribution in [0.15, 0.2) is 54.6 Å². The third-order valence-corrected chi connectivity index (χ3v) is 4.20. The predicted molar refractivity (Wildman–Crippen MR) is 101 cm³/mol. The minimum atomic E-state index is 0.668. The van der Waals surface area contributed by atoms with Crippen LogP contribution in [0.1, 0.15) is 11.4 Å². The lowest BCUT2D eigenvalue weighted by Gasteiger charge is -2.12. The van der Waals surface area contributed by atoms with E-state index in [-0.39, 0.29) is 0 Å². The minimum Gasteiger partial charge on any atom is -0.338 e. The average molecular weight is 350 g/mol. The Morgan fingerprint density at radius 3 is 2.44 bits per heavy atom. The molecule has 0 aliphatic heterocycles. The molecule has 25 heavy (non-hydrogen) atoms. The number of rotatable bonds is 3. The second kappa shape index (κ2) is 6.18. The zero-order chi connectivity index (χ0) is 17.4. The molecule has 0 bridgehead atoms. The van der Waals surface area contributed by atoms with Gasteiger partial charge in [0.2, 0.25) is 0 Å². The molecule has 0 fully saturated rings. The lowest BCUT2D eigenvalue weighted by Crippen LogP contribution is -2.06. The van der Waals surface area contributed by atoms with Crippen molar-refractivity contribution in [3.8, 4) is 5.82 Å². The van der Waals surface area contributed by atoms with Crippen molar-refractivity contribution >= 4 is 33.9 Å². The van der Waals surface area contributed by atoms with E-state index in [1.54, 1.807) is 0 Å². The van der Waals surface area contributed by atoms with Gasteiger partial charge in [0.15, 0.2) is 11.6 Å². The van der Waals surface area contributed by atoms with Crippen LogP contribution < -0.4 is 5.32 Å². The molecule has 2 aromatic carbocycles. The molecule has 2 heterocycles. The van der Waals surface area contributed by atoms with E-state index >= 15 is 0 Å². The molecule has 0 atom stereocenters. The van der Waals surface area contributed by atoms with Crippen molar-refractivity contribution in [3.05, 3.63) is 71.0 Å². The highest BCUT2D eigenvalue weighted by atomic mass is 35.5. The summed E-state index contributed by atoms with van der Waals surface area (Å²) in [6.07, 6.45) is 0. The summed E-state index contributed by atoms with van der Waals surface area (Å²) in [6.45, 7) is 3.97. The van der Waals surface area contributed by atoms with Gasteiger partial charge in [0.25, 0.3) is 0 Å². The molecular formula is C19H16ClN5. The Labute approximate surface area is 150 Å². The first-order chi connectivity index (χ1) is 12.1. The molecule has 4 rings (SSSR count). The molecule has 2 aromatic heterocycles. The highest BCUT2D eigenvalue weighted by molar-refractivity contribution is 6.30. The maximum Gasteiger partial charge on any atom is 0.183 e. The Bertz CT molecular complexity index is 1070. The predicted octanol–water partition coefficient (Wildman–Crippen LogP) is 4.83. The molecule has 1 N–H and O–H groups in total. The van der Waals surface area contributed by atoms with Crippen molar-refractivity contribution in [1.29, 1.82) is 0 Å². The normalized spacial score (nSPS) is 11.0. The Hall–Kier alpha value is -2.92. The fourth-order valence-electron chi connectivity index (χ4n) is 2.88. The smallest absolute Gasteiger partial charge is 0.183 e. The van der Waals surface area contributed by atoms with Crippen LogP contribution in [0.3, 0.4) is 0 Å². The van der Waals surface area contributed by atoms with Gasteiger partial charge in [0.1, 0.15) is 0 Å². The van der Waals surface area contributed by atoms with E-state index in [1.807, 2.05) is 73.1 Å². The molecule has 124 valence electrons. The van der Waals surface area contributed by atoms with Crippen molar-refractivity contribution in [3.63, 3.8) is 0 Å². The van der Waals surface area contributed by atoms with Crippen LogP contribution in [0.5, 0.6) is 0 Å². The van der Waals surface area contributed by atoms with E-state index in [1.165, 1.54) is 0 Å².